The summed E-state index contributed by atoms with van der Waals surface area (Å²) in [6.45, 7) is 0. The number of hydrogen-bond donors (Lipinski definition) is 1. The van der Waals surface area contributed by atoms with E-state index < -0.39 is 0 Å². The number of amides is 1. The molecular weight excluding hydrogens is 198 g/mol. The summed E-state index contributed by atoms with van der Waals surface area (Å²) >= 11 is 5.83. The highest BCUT2D eigenvalue weighted by Gasteiger charge is 2.58. The van der Waals surface area contributed by atoms with E-state index in [9.17, 15) is 4.79 Å². The lowest BCUT2D eigenvalue weighted by Crippen LogP contribution is -2.39. The molecule has 78 valence electrons. The molecule has 0 bridgehead atoms. The summed E-state index contributed by atoms with van der Waals surface area (Å²) in [5.41, 5.74) is -0.00444. The van der Waals surface area contributed by atoms with E-state index in [0.29, 0.717) is 11.8 Å². The van der Waals surface area contributed by atoms with Crippen LogP contribution >= 0.6 is 11.6 Å². The van der Waals surface area contributed by atoms with Gasteiger partial charge in [-0.1, -0.05) is 6.42 Å². The predicted octanol–water partition coefficient (Wildman–Crippen LogP) is 1.92. The van der Waals surface area contributed by atoms with Crippen molar-refractivity contribution in [1.82, 2.24) is 5.32 Å². The Labute approximate surface area is 89.4 Å². The Morgan fingerprint density at radius 3 is 2.50 bits per heavy atom. The Hall–Kier alpha value is -0.240. The minimum absolute atomic E-state index is 0.00444. The quantitative estimate of drug-likeness (QED) is 0.714. The van der Waals surface area contributed by atoms with Crippen molar-refractivity contribution in [2.24, 2.45) is 17.8 Å². The number of halogens is 1. The van der Waals surface area contributed by atoms with Crippen molar-refractivity contribution in [3.8, 4) is 0 Å². The van der Waals surface area contributed by atoms with Crippen molar-refractivity contribution in [1.29, 1.82) is 0 Å². The van der Waals surface area contributed by atoms with Gasteiger partial charge in [0.25, 0.3) is 0 Å². The molecule has 3 heteroatoms. The molecule has 3 fully saturated rings. The van der Waals surface area contributed by atoms with Gasteiger partial charge in [0.15, 0.2) is 0 Å². The molecule has 2 atom stereocenters. The van der Waals surface area contributed by atoms with Crippen molar-refractivity contribution >= 4 is 17.5 Å². The Balaban J connectivity index is 1.57. The monoisotopic (exact) mass is 213 g/mol. The van der Waals surface area contributed by atoms with E-state index in [2.05, 4.69) is 5.32 Å². The molecule has 0 aliphatic heterocycles. The second-order valence-corrected chi connectivity index (χ2v) is 5.45. The van der Waals surface area contributed by atoms with Crippen LogP contribution < -0.4 is 5.32 Å². The summed E-state index contributed by atoms with van der Waals surface area (Å²) < 4.78 is 0. The van der Waals surface area contributed by atoms with Crippen LogP contribution in [0.4, 0.5) is 0 Å². The molecule has 2 nitrogen and oxygen atoms in total. The fourth-order valence-corrected chi connectivity index (χ4v) is 3.33. The van der Waals surface area contributed by atoms with Gasteiger partial charge >= 0.3 is 0 Å². The fraction of sp³-hybridized carbons (Fsp3) is 0.909. The zero-order valence-corrected chi connectivity index (χ0v) is 9.02. The number of alkyl halides is 1. The molecule has 0 spiro atoms. The standard InChI is InChI=1S/C11H16ClNO/c12-6-11(4-5-11)13-10(14)9-7-2-1-3-8(7)9/h7-9H,1-6H2,(H,13,14). The topological polar surface area (TPSA) is 29.1 Å². The molecule has 3 saturated carbocycles. The van der Waals surface area contributed by atoms with Gasteiger partial charge < -0.3 is 5.32 Å². The van der Waals surface area contributed by atoms with Gasteiger partial charge in [-0.25, -0.2) is 0 Å². The molecule has 2 unspecified atom stereocenters. The van der Waals surface area contributed by atoms with Crippen LogP contribution in [0.15, 0.2) is 0 Å². The number of fused-ring (bicyclic) bond motifs is 1. The van der Waals surface area contributed by atoms with Gasteiger partial charge in [0.05, 0.1) is 5.54 Å². The third-order valence-corrected chi connectivity index (χ3v) is 4.72. The summed E-state index contributed by atoms with van der Waals surface area (Å²) in [4.78, 5) is 11.9. The Kier molecular flexibility index (Phi) is 1.85. The summed E-state index contributed by atoms with van der Waals surface area (Å²) in [6.07, 6.45) is 6.03. The first-order valence-corrected chi connectivity index (χ1v) is 6.17. The molecule has 0 aromatic rings. The van der Waals surface area contributed by atoms with Crippen molar-refractivity contribution in [2.75, 3.05) is 5.88 Å². The molecule has 0 aromatic carbocycles. The lowest BCUT2D eigenvalue weighted by molar-refractivity contribution is -0.123. The maximum Gasteiger partial charge on any atom is 0.224 e. The molecule has 0 radical (unpaired) electrons. The van der Waals surface area contributed by atoms with Gasteiger partial charge in [0.1, 0.15) is 0 Å². The van der Waals surface area contributed by atoms with Crippen molar-refractivity contribution in [2.45, 2.75) is 37.6 Å². The largest absolute Gasteiger partial charge is 0.349 e. The van der Waals surface area contributed by atoms with E-state index >= 15 is 0 Å². The van der Waals surface area contributed by atoms with Crippen molar-refractivity contribution in [3.05, 3.63) is 0 Å². The molecule has 1 amide bonds. The molecule has 1 N–H and O–H groups in total. The second-order valence-electron chi connectivity index (χ2n) is 5.19. The zero-order valence-electron chi connectivity index (χ0n) is 8.26. The van der Waals surface area contributed by atoms with Gasteiger partial charge in [0.2, 0.25) is 5.91 Å². The fourth-order valence-electron chi connectivity index (χ4n) is 3.00. The van der Waals surface area contributed by atoms with Crippen LogP contribution in [0.25, 0.3) is 0 Å². The summed E-state index contributed by atoms with van der Waals surface area (Å²) in [5, 5.41) is 3.14. The molecule has 14 heavy (non-hydrogen) atoms. The summed E-state index contributed by atoms with van der Waals surface area (Å²) in [7, 11) is 0. The van der Waals surface area contributed by atoms with Crippen LogP contribution in [0.2, 0.25) is 0 Å². The zero-order chi connectivity index (χ0) is 9.76. The van der Waals surface area contributed by atoms with Crippen LogP contribution in [0, 0.1) is 17.8 Å². The first kappa shape index (κ1) is 9.02. The summed E-state index contributed by atoms with van der Waals surface area (Å²) in [6, 6.07) is 0. The van der Waals surface area contributed by atoms with Gasteiger partial charge in [0, 0.05) is 11.8 Å². The average molecular weight is 214 g/mol. The van der Waals surface area contributed by atoms with Gasteiger partial charge in [-0.2, -0.15) is 0 Å². The molecule has 3 aliphatic carbocycles. The van der Waals surface area contributed by atoms with Crippen LogP contribution in [0.5, 0.6) is 0 Å². The smallest absolute Gasteiger partial charge is 0.224 e. The van der Waals surface area contributed by atoms with Crippen molar-refractivity contribution in [3.63, 3.8) is 0 Å². The van der Waals surface area contributed by atoms with Gasteiger partial charge in [-0.15, -0.1) is 11.6 Å². The highest BCUT2D eigenvalue weighted by Crippen LogP contribution is 2.57. The second kappa shape index (κ2) is 2.88. The third kappa shape index (κ3) is 1.27. The van der Waals surface area contributed by atoms with E-state index in [0.717, 1.165) is 24.7 Å². The summed E-state index contributed by atoms with van der Waals surface area (Å²) in [5.74, 6) is 2.67. The lowest BCUT2D eigenvalue weighted by Gasteiger charge is -2.14. The molecule has 3 rings (SSSR count). The predicted molar refractivity (Wildman–Crippen MR) is 55.1 cm³/mol. The van der Waals surface area contributed by atoms with E-state index in [1.807, 2.05) is 0 Å². The van der Waals surface area contributed by atoms with Gasteiger partial charge in [-0.05, 0) is 37.5 Å². The molecule has 3 aliphatic rings. The number of hydrogen-bond acceptors (Lipinski definition) is 1. The maximum absolute atomic E-state index is 11.9. The average Bonchev–Trinajstić information content (AvgIpc) is 3.06. The Bertz CT molecular complexity index is 264. The van der Waals surface area contributed by atoms with Crippen LogP contribution in [0.1, 0.15) is 32.1 Å². The first-order valence-electron chi connectivity index (χ1n) is 5.64. The van der Waals surface area contributed by atoms with Crippen LogP contribution in [0.3, 0.4) is 0 Å². The highest BCUT2D eigenvalue weighted by molar-refractivity contribution is 6.19. The van der Waals surface area contributed by atoms with Crippen LogP contribution in [-0.2, 0) is 4.79 Å². The minimum atomic E-state index is -0.00444. The number of rotatable bonds is 3. The van der Waals surface area contributed by atoms with E-state index in [-0.39, 0.29) is 11.4 Å². The molecule has 0 saturated heterocycles. The van der Waals surface area contributed by atoms with Crippen LogP contribution in [-0.4, -0.2) is 17.3 Å². The van der Waals surface area contributed by atoms with E-state index in [1.165, 1.54) is 19.3 Å². The molecule has 0 aromatic heterocycles. The SMILES string of the molecule is O=C(NC1(CCl)CC1)C1C2CCCC21. The van der Waals surface area contributed by atoms with E-state index in [4.69, 9.17) is 11.6 Å². The minimum Gasteiger partial charge on any atom is -0.349 e. The number of nitrogens with one attached hydrogen (secondary N) is 1. The lowest BCUT2D eigenvalue weighted by atomic mass is 10.1. The van der Waals surface area contributed by atoms with Crippen molar-refractivity contribution < 1.29 is 4.79 Å². The number of carbonyl (C=O) groups excluding carboxylic acids is 1. The normalized spacial score (nSPS) is 41.6. The van der Waals surface area contributed by atoms with Gasteiger partial charge in [-0.3, -0.25) is 4.79 Å². The highest BCUT2D eigenvalue weighted by atomic mass is 35.5. The van der Waals surface area contributed by atoms with E-state index in [1.54, 1.807) is 0 Å². The Morgan fingerprint density at radius 2 is 2.00 bits per heavy atom. The molecular formula is C11H16ClNO. The maximum atomic E-state index is 11.9. The Morgan fingerprint density at radius 1 is 1.36 bits per heavy atom. The third-order valence-electron chi connectivity index (χ3n) is 4.21. The molecule has 0 heterocycles. The first-order chi connectivity index (χ1) is 6.76. The number of carbonyl (C=O) groups is 1.